The number of para-hydroxylation sites is 2. The van der Waals surface area contributed by atoms with Crippen molar-refractivity contribution in [3.63, 3.8) is 0 Å². The van der Waals surface area contributed by atoms with Crippen molar-refractivity contribution in [1.82, 2.24) is 0 Å². The maximum atomic E-state index is 12.0. The van der Waals surface area contributed by atoms with E-state index in [-0.39, 0.29) is 12.5 Å². The van der Waals surface area contributed by atoms with Gasteiger partial charge in [-0.15, -0.1) is 0 Å². The van der Waals surface area contributed by atoms with Crippen molar-refractivity contribution < 1.29 is 14.3 Å². The lowest BCUT2D eigenvalue weighted by Gasteiger charge is -2.15. The van der Waals surface area contributed by atoms with Crippen LogP contribution in [-0.4, -0.2) is 32.3 Å². The first-order valence-electron chi connectivity index (χ1n) is 8.02. The van der Waals surface area contributed by atoms with E-state index in [1.54, 1.807) is 6.07 Å². The number of carbonyl (C=O) groups is 1. The fourth-order valence-corrected chi connectivity index (χ4v) is 2.28. The molecule has 0 saturated heterocycles. The fraction of sp³-hybridized carbons (Fsp3) is 0.316. The molecule has 5 heteroatoms. The summed E-state index contributed by atoms with van der Waals surface area (Å²) >= 11 is 0. The molecule has 5 nitrogen and oxygen atoms in total. The summed E-state index contributed by atoms with van der Waals surface area (Å²) in [6.45, 7) is 0.748. The van der Waals surface area contributed by atoms with Crippen LogP contribution in [0.1, 0.15) is 12.0 Å². The van der Waals surface area contributed by atoms with Gasteiger partial charge in [-0.05, 0) is 30.5 Å². The lowest BCUT2D eigenvalue weighted by Crippen LogP contribution is -2.39. The van der Waals surface area contributed by atoms with Crippen LogP contribution in [0.4, 0.5) is 5.69 Å². The Morgan fingerprint density at radius 1 is 1.12 bits per heavy atom. The summed E-state index contributed by atoms with van der Waals surface area (Å²) in [6.07, 6.45) is 1.85. The molecule has 24 heavy (non-hydrogen) atoms. The molecule has 0 aromatic heterocycles. The Morgan fingerprint density at radius 2 is 1.83 bits per heavy atom. The highest BCUT2D eigenvalue weighted by Crippen LogP contribution is 2.24. The first-order valence-corrected chi connectivity index (χ1v) is 8.02. The van der Waals surface area contributed by atoms with Crippen molar-refractivity contribution in [2.45, 2.75) is 18.9 Å². The molecular weight excluding hydrogens is 304 g/mol. The van der Waals surface area contributed by atoms with Crippen LogP contribution in [0.3, 0.4) is 0 Å². The highest BCUT2D eigenvalue weighted by molar-refractivity contribution is 5.96. The van der Waals surface area contributed by atoms with E-state index in [0.29, 0.717) is 18.0 Å². The molecule has 0 aliphatic heterocycles. The van der Waals surface area contributed by atoms with Crippen LogP contribution in [0, 0.1) is 0 Å². The van der Waals surface area contributed by atoms with Crippen LogP contribution in [0.2, 0.25) is 0 Å². The molecule has 1 atom stereocenters. The molecule has 0 aliphatic rings. The second-order valence-electron chi connectivity index (χ2n) is 5.48. The van der Waals surface area contributed by atoms with E-state index in [0.717, 1.165) is 12.8 Å². The van der Waals surface area contributed by atoms with Gasteiger partial charge in [0.25, 0.3) is 0 Å². The van der Waals surface area contributed by atoms with Gasteiger partial charge in [0.2, 0.25) is 5.91 Å². The predicted molar refractivity (Wildman–Crippen MR) is 95.2 cm³/mol. The van der Waals surface area contributed by atoms with E-state index in [4.69, 9.17) is 15.2 Å². The Balaban J connectivity index is 1.85. The van der Waals surface area contributed by atoms with E-state index >= 15 is 0 Å². The number of ether oxygens (including phenoxy) is 2. The summed E-state index contributed by atoms with van der Waals surface area (Å²) in [5.41, 5.74) is 7.64. The number of carbonyl (C=O) groups excluding carboxylic acids is 1. The van der Waals surface area contributed by atoms with Crippen molar-refractivity contribution in [2.75, 3.05) is 25.6 Å². The standard InChI is InChI=1S/C19H24N2O3/c1-23-14-16(20)19(22)21-17-11-5-6-12-18(17)24-13-7-10-15-8-3-2-4-9-15/h2-6,8-9,11-12,16H,7,10,13-14,20H2,1H3,(H,21,22)/t16-/m0/s1. The molecule has 2 rings (SSSR count). The summed E-state index contributed by atoms with van der Waals surface area (Å²) in [6, 6.07) is 16.9. The molecule has 0 radical (unpaired) electrons. The van der Waals surface area contributed by atoms with E-state index in [1.807, 2.05) is 36.4 Å². The number of anilines is 1. The predicted octanol–water partition coefficient (Wildman–Crippen LogP) is 2.61. The van der Waals surface area contributed by atoms with Gasteiger partial charge >= 0.3 is 0 Å². The lowest BCUT2D eigenvalue weighted by molar-refractivity contribution is -0.118. The van der Waals surface area contributed by atoms with Crippen LogP contribution >= 0.6 is 0 Å². The van der Waals surface area contributed by atoms with Crippen molar-refractivity contribution in [3.05, 3.63) is 60.2 Å². The van der Waals surface area contributed by atoms with E-state index < -0.39 is 6.04 Å². The number of aryl methyl sites for hydroxylation is 1. The highest BCUT2D eigenvalue weighted by atomic mass is 16.5. The third-order valence-electron chi connectivity index (χ3n) is 3.54. The van der Waals surface area contributed by atoms with Gasteiger partial charge in [0.15, 0.2) is 0 Å². The Morgan fingerprint density at radius 3 is 2.58 bits per heavy atom. The highest BCUT2D eigenvalue weighted by Gasteiger charge is 2.15. The first-order chi connectivity index (χ1) is 11.7. The van der Waals surface area contributed by atoms with Crippen LogP contribution in [0.15, 0.2) is 54.6 Å². The number of amides is 1. The van der Waals surface area contributed by atoms with Crippen molar-refractivity contribution >= 4 is 11.6 Å². The number of rotatable bonds is 9. The number of hydrogen-bond acceptors (Lipinski definition) is 4. The smallest absolute Gasteiger partial charge is 0.243 e. The minimum atomic E-state index is -0.707. The summed E-state index contributed by atoms with van der Waals surface area (Å²) in [7, 11) is 1.51. The molecule has 0 bridgehead atoms. The number of benzene rings is 2. The topological polar surface area (TPSA) is 73.6 Å². The number of methoxy groups -OCH3 is 1. The van der Waals surface area contributed by atoms with Crippen LogP contribution in [0.5, 0.6) is 5.75 Å². The zero-order valence-corrected chi connectivity index (χ0v) is 13.9. The normalized spacial score (nSPS) is 11.8. The molecule has 0 heterocycles. The Kier molecular flexibility index (Phi) is 7.26. The average molecular weight is 328 g/mol. The van der Waals surface area contributed by atoms with E-state index in [1.165, 1.54) is 12.7 Å². The monoisotopic (exact) mass is 328 g/mol. The minimum Gasteiger partial charge on any atom is -0.491 e. The Labute approximate surface area is 142 Å². The molecule has 0 unspecified atom stereocenters. The van der Waals surface area contributed by atoms with Gasteiger partial charge in [0.1, 0.15) is 11.8 Å². The van der Waals surface area contributed by atoms with Gasteiger partial charge in [0, 0.05) is 7.11 Å². The maximum Gasteiger partial charge on any atom is 0.243 e. The SMILES string of the molecule is COC[C@H](N)C(=O)Nc1ccccc1OCCCc1ccccc1. The largest absolute Gasteiger partial charge is 0.491 e. The van der Waals surface area contributed by atoms with Crippen LogP contribution in [-0.2, 0) is 16.0 Å². The van der Waals surface area contributed by atoms with Crippen molar-refractivity contribution in [3.8, 4) is 5.75 Å². The molecule has 0 spiro atoms. The zero-order chi connectivity index (χ0) is 17.2. The molecule has 2 aromatic carbocycles. The molecule has 1 amide bonds. The number of nitrogens with one attached hydrogen (secondary N) is 1. The van der Waals surface area contributed by atoms with Gasteiger partial charge < -0.3 is 20.5 Å². The van der Waals surface area contributed by atoms with E-state index in [2.05, 4.69) is 17.4 Å². The summed E-state index contributed by atoms with van der Waals surface area (Å²) < 4.78 is 10.7. The molecule has 3 N–H and O–H groups in total. The van der Waals surface area contributed by atoms with Gasteiger partial charge in [0.05, 0.1) is 18.9 Å². The summed E-state index contributed by atoms with van der Waals surface area (Å²) in [5, 5.41) is 2.78. The third kappa shape index (κ3) is 5.68. The second kappa shape index (κ2) is 9.70. The molecule has 2 aromatic rings. The quantitative estimate of drug-likeness (QED) is 0.694. The first kappa shape index (κ1) is 18.0. The minimum absolute atomic E-state index is 0.173. The fourth-order valence-electron chi connectivity index (χ4n) is 2.28. The van der Waals surface area contributed by atoms with Crippen molar-refractivity contribution in [2.24, 2.45) is 5.73 Å². The van der Waals surface area contributed by atoms with Gasteiger partial charge in [-0.25, -0.2) is 0 Å². The number of hydrogen-bond donors (Lipinski definition) is 2. The lowest BCUT2D eigenvalue weighted by atomic mass is 10.1. The second-order valence-corrected chi connectivity index (χ2v) is 5.48. The molecule has 0 saturated carbocycles. The third-order valence-corrected chi connectivity index (χ3v) is 3.54. The maximum absolute atomic E-state index is 12.0. The molecule has 0 aliphatic carbocycles. The zero-order valence-electron chi connectivity index (χ0n) is 13.9. The van der Waals surface area contributed by atoms with Crippen LogP contribution < -0.4 is 15.8 Å². The van der Waals surface area contributed by atoms with E-state index in [9.17, 15) is 4.79 Å². The van der Waals surface area contributed by atoms with Crippen molar-refractivity contribution in [1.29, 1.82) is 0 Å². The Hall–Kier alpha value is -2.37. The van der Waals surface area contributed by atoms with Crippen LogP contribution in [0.25, 0.3) is 0 Å². The van der Waals surface area contributed by atoms with Gasteiger partial charge in [-0.3, -0.25) is 4.79 Å². The average Bonchev–Trinajstić information content (AvgIpc) is 2.61. The van der Waals surface area contributed by atoms with Gasteiger partial charge in [-0.1, -0.05) is 42.5 Å². The molecule has 0 fully saturated rings. The van der Waals surface area contributed by atoms with Gasteiger partial charge in [-0.2, -0.15) is 0 Å². The summed E-state index contributed by atoms with van der Waals surface area (Å²) in [4.78, 5) is 12.0. The number of nitrogens with two attached hydrogens (primary N) is 1. The molecule has 128 valence electrons. The Bertz CT molecular complexity index is 632. The summed E-state index contributed by atoms with van der Waals surface area (Å²) in [5.74, 6) is 0.348. The molecular formula is C19H24N2O3.